The summed E-state index contributed by atoms with van der Waals surface area (Å²) in [4.78, 5) is 4.01. The van der Waals surface area contributed by atoms with Crippen molar-refractivity contribution in [2.45, 2.75) is 6.04 Å². The van der Waals surface area contributed by atoms with Crippen LogP contribution in [0.4, 0.5) is 0 Å². The van der Waals surface area contributed by atoms with Crippen LogP contribution in [0, 0.1) is 0 Å². The van der Waals surface area contributed by atoms with Gasteiger partial charge in [0.2, 0.25) is 0 Å². The number of benzene rings is 1. The highest BCUT2D eigenvalue weighted by Crippen LogP contribution is 2.28. The van der Waals surface area contributed by atoms with Gasteiger partial charge >= 0.3 is 0 Å². The van der Waals surface area contributed by atoms with Gasteiger partial charge in [-0.3, -0.25) is 4.98 Å². The van der Waals surface area contributed by atoms with E-state index < -0.39 is 0 Å². The van der Waals surface area contributed by atoms with Crippen LogP contribution >= 0.6 is 23.2 Å². The maximum absolute atomic E-state index is 6.03. The van der Waals surface area contributed by atoms with Crippen molar-refractivity contribution in [3.8, 4) is 0 Å². The summed E-state index contributed by atoms with van der Waals surface area (Å²) in [6, 6.07) is 9.70. The molecule has 1 atom stereocenters. The third-order valence-corrected chi connectivity index (χ3v) is 3.34. The second-order valence-corrected chi connectivity index (χ2v) is 4.49. The SMILES string of the molecule is CNC(c1ccncc1)c1ccc(Cl)c(Cl)c1. The van der Waals surface area contributed by atoms with Crippen molar-refractivity contribution in [2.24, 2.45) is 0 Å². The fourth-order valence-electron chi connectivity index (χ4n) is 1.77. The quantitative estimate of drug-likeness (QED) is 0.917. The van der Waals surface area contributed by atoms with Crippen LogP contribution in [0.25, 0.3) is 0 Å². The van der Waals surface area contributed by atoms with E-state index in [1.54, 1.807) is 12.4 Å². The molecule has 17 heavy (non-hydrogen) atoms. The van der Waals surface area contributed by atoms with Crippen LogP contribution in [-0.4, -0.2) is 12.0 Å². The molecule has 2 aromatic rings. The minimum absolute atomic E-state index is 0.0905. The lowest BCUT2D eigenvalue weighted by Gasteiger charge is -2.17. The molecule has 0 saturated carbocycles. The van der Waals surface area contributed by atoms with E-state index in [2.05, 4.69) is 10.3 Å². The first-order valence-electron chi connectivity index (χ1n) is 5.24. The lowest BCUT2D eigenvalue weighted by molar-refractivity contribution is 0.691. The molecule has 0 radical (unpaired) electrons. The van der Waals surface area contributed by atoms with Crippen molar-refractivity contribution in [1.29, 1.82) is 0 Å². The molecular weight excluding hydrogens is 255 g/mol. The Kier molecular flexibility index (Phi) is 4.00. The molecule has 1 aromatic carbocycles. The van der Waals surface area contributed by atoms with E-state index in [1.807, 2.05) is 37.4 Å². The van der Waals surface area contributed by atoms with Gasteiger partial charge in [0.25, 0.3) is 0 Å². The smallest absolute Gasteiger partial charge is 0.0595 e. The van der Waals surface area contributed by atoms with Crippen LogP contribution in [0.5, 0.6) is 0 Å². The van der Waals surface area contributed by atoms with E-state index in [1.165, 1.54) is 0 Å². The minimum atomic E-state index is 0.0905. The maximum atomic E-state index is 6.03. The average molecular weight is 267 g/mol. The first-order valence-corrected chi connectivity index (χ1v) is 6.00. The van der Waals surface area contributed by atoms with Gasteiger partial charge in [0.15, 0.2) is 0 Å². The summed E-state index contributed by atoms with van der Waals surface area (Å²) in [6.07, 6.45) is 3.55. The number of hydrogen-bond acceptors (Lipinski definition) is 2. The van der Waals surface area contributed by atoms with Gasteiger partial charge in [0.05, 0.1) is 16.1 Å². The van der Waals surface area contributed by atoms with Crippen molar-refractivity contribution in [2.75, 3.05) is 7.05 Å². The normalized spacial score (nSPS) is 12.4. The van der Waals surface area contributed by atoms with Crippen molar-refractivity contribution >= 4 is 23.2 Å². The molecule has 0 amide bonds. The average Bonchev–Trinajstić information content (AvgIpc) is 2.36. The molecule has 0 aliphatic carbocycles. The highest BCUT2D eigenvalue weighted by atomic mass is 35.5. The molecule has 1 unspecified atom stereocenters. The summed E-state index contributed by atoms with van der Waals surface area (Å²) in [6.45, 7) is 0. The Morgan fingerprint density at radius 3 is 2.29 bits per heavy atom. The molecule has 4 heteroatoms. The van der Waals surface area contributed by atoms with E-state index in [-0.39, 0.29) is 6.04 Å². The van der Waals surface area contributed by atoms with E-state index in [0.29, 0.717) is 10.0 Å². The van der Waals surface area contributed by atoms with Gasteiger partial charge in [-0.2, -0.15) is 0 Å². The summed E-state index contributed by atoms with van der Waals surface area (Å²) in [5.74, 6) is 0. The fourth-order valence-corrected chi connectivity index (χ4v) is 2.08. The number of nitrogens with one attached hydrogen (secondary N) is 1. The fraction of sp³-hybridized carbons (Fsp3) is 0.154. The summed E-state index contributed by atoms with van der Waals surface area (Å²) >= 11 is 11.9. The molecule has 0 aliphatic heterocycles. The molecule has 0 bridgehead atoms. The summed E-state index contributed by atoms with van der Waals surface area (Å²) in [7, 11) is 1.91. The van der Waals surface area contributed by atoms with Crippen LogP contribution in [0.2, 0.25) is 10.0 Å². The number of nitrogens with zero attached hydrogens (tertiary/aromatic N) is 1. The van der Waals surface area contributed by atoms with Gasteiger partial charge in [-0.25, -0.2) is 0 Å². The van der Waals surface area contributed by atoms with Crippen LogP contribution < -0.4 is 5.32 Å². The maximum Gasteiger partial charge on any atom is 0.0595 e. The second kappa shape index (κ2) is 5.50. The summed E-state index contributed by atoms with van der Waals surface area (Å²) in [5, 5.41) is 4.39. The Bertz CT molecular complexity index is 500. The Morgan fingerprint density at radius 2 is 1.71 bits per heavy atom. The van der Waals surface area contributed by atoms with Gasteiger partial charge in [0, 0.05) is 12.4 Å². The third-order valence-electron chi connectivity index (χ3n) is 2.61. The van der Waals surface area contributed by atoms with Gasteiger partial charge in [0.1, 0.15) is 0 Å². The highest BCUT2D eigenvalue weighted by Gasteiger charge is 2.12. The predicted molar refractivity (Wildman–Crippen MR) is 71.6 cm³/mol. The first-order chi connectivity index (χ1) is 8.22. The first kappa shape index (κ1) is 12.4. The highest BCUT2D eigenvalue weighted by molar-refractivity contribution is 6.42. The van der Waals surface area contributed by atoms with E-state index in [4.69, 9.17) is 23.2 Å². The number of hydrogen-bond donors (Lipinski definition) is 1. The van der Waals surface area contributed by atoms with Crippen molar-refractivity contribution in [1.82, 2.24) is 10.3 Å². The summed E-state index contributed by atoms with van der Waals surface area (Å²) < 4.78 is 0. The topological polar surface area (TPSA) is 24.9 Å². The Balaban J connectivity index is 2.39. The van der Waals surface area contributed by atoms with E-state index in [0.717, 1.165) is 11.1 Å². The van der Waals surface area contributed by atoms with Gasteiger partial charge in [-0.05, 0) is 42.4 Å². The molecule has 0 fully saturated rings. The van der Waals surface area contributed by atoms with Crippen molar-refractivity contribution in [3.05, 3.63) is 63.9 Å². The van der Waals surface area contributed by atoms with E-state index >= 15 is 0 Å². The van der Waals surface area contributed by atoms with Crippen LogP contribution in [0.1, 0.15) is 17.2 Å². The van der Waals surface area contributed by atoms with Crippen molar-refractivity contribution < 1.29 is 0 Å². The second-order valence-electron chi connectivity index (χ2n) is 3.68. The van der Waals surface area contributed by atoms with Crippen molar-refractivity contribution in [3.63, 3.8) is 0 Å². The van der Waals surface area contributed by atoms with Gasteiger partial charge in [-0.1, -0.05) is 29.3 Å². The molecule has 1 heterocycles. The molecule has 0 saturated heterocycles. The zero-order valence-electron chi connectivity index (χ0n) is 9.32. The molecular formula is C13H12Cl2N2. The molecule has 0 spiro atoms. The summed E-state index contributed by atoms with van der Waals surface area (Å²) in [5.41, 5.74) is 2.22. The van der Waals surface area contributed by atoms with Gasteiger partial charge < -0.3 is 5.32 Å². The molecule has 88 valence electrons. The monoisotopic (exact) mass is 266 g/mol. The number of rotatable bonds is 3. The number of halogens is 2. The predicted octanol–water partition coefficient (Wildman–Crippen LogP) is 3.70. The molecule has 1 N–H and O–H groups in total. The molecule has 2 nitrogen and oxygen atoms in total. The largest absolute Gasteiger partial charge is 0.309 e. The molecule has 0 aliphatic rings. The lowest BCUT2D eigenvalue weighted by atomic mass is 10.00. The molecule has 2 rings (SSSR count). The number of pyridine rings is 1. The standard InChI is InChI=1S/C13H12Cl2N2/c1-16-13(9-4-6-17-7-5-9)10-2-3-11(14)12(15)8-10/h2-8,13,16H,1H3. The minimum Gasteiger partial charge on any atom is -0.309 e. The third kappa shape index (κ3) is 2.78. The Morgan fingerprint density at radius 1 is 1.00 bits per heavy atom. The molecule has 1 aromatic heterocycles. The van der Waals surface area contributed by atoms with Crippen LogP contribution in [0.3, 0.4) is 0 Å². The van der Waals surface area contributed by atoms with E-state index in [9.17, 15) is 0 Å². The van der Waals surface area contributed by atoms with Gasteiger partial charge in [-0.15, -0.1) is 0 Å². The Labute approximate surface area is 111 Å². The van der Waals surface area contributed by atoms with Crippen LogP contribution in [0.15, 0.2) is 42.7 Å². The number of aromatic nitrogens is 1. The zero-order valence-corrected chi connectivity index (χ0v) is 10.8. The van der Waals surface area contributed by atoms with Crippen LogP contribution in [-0.2, 0) is 0 Å². The lowest BCUT2D eigenvalue weighted by Crippen LogP contribution is -2.17. The Hall–Kier alpha value is -1.09. The zero-order chi connectivity index (χ0) is 12.3.